The number of carbonyl (C=O) groups excluding carboxylic acids is 1. The van der Waals surface area contributed by atoms with E-state index in [1.54, 1.807) is 12.1 Å². The van der Waals surface area contributed by atoms with E-state index in [-0.39, 0.29) is 23.3 Å². The van der Waals surface area contributed by atoms with E-state index in [0.29, 0.717) is 6.54 Å². The third-order valence-electron chi connectivity index (χ3n) is 4.75. The summed E-state index contributed by atoms with van der Waals surface area (Å²) in [4.78, 5) is 12.1. The van der Waals surface area contributed by atoms with Gasteiger partial charge in [-0.05, 0) is 55.2 Å². The summed E-state index contributed by atoms with van der Waals surface area (Å²) in [6.45, 7) is 2.43. The predicted octanol–water partition coefficient (Wildman–Crippen LogP) is 4.51. The first-order chi connectivity index (χ1) is 11.5. The monoisotopic (exact) mass is 390 g/mol. The van der Waals surface area contributed by atoms with Crippen LogP contribution in [0.2, 0.25) is 0 Å². The standard InChI is InChI=1S/C19H20BrFN2O/c1-13(19(10-11-19)15-4-6-16(20)7-5-15)23-18(24)22-12-14-2-8-17(21)9-3-14/h2-9,13H,10-12H2,1H3,(H2,22,23,24). The summed E-state index contributed by atoms with van der Waals surface area (Å²) in [6, 6.07) is 14.3. The van der Waals surface area contributed by atoms with Crippen molar-refractivity contribution in [2.45, 2.75) is 37.8 Å². The summed E-state index contributed by atoms with van der Waals surface area (Å²) in [5, 5.41) is 5.87. The molecule has 5 heteroatoms. The molecule has 1 saturated carbocycles. The SMILES string of the molecule is CC(NC(=O)NCc1ccc(F)cc1)C1(c2ccc(Br)cc2)CC1. The Labute approximate surface area is 149 Å². The maximum atomic E-state index is 12.9. The van der Waals surface area contributed by atoms with Crippen molar-refractivity contribution in [3.05, 3.63) is 69.9 Å². The van der Waals surface area contributed by atoms with Crippen LogP contribution in [0.3, 0.4) is 0 Å². The number of hydrogen-bond acceptors (Lipinski definition) is 1. The van der Waals surface area contributed by atoms with Crippen LogP contribution in [0.1, 0.15) is 30.9 Å². The van der Waals surface area contributed by atoms with Crippen molar-refractivity contribution in [2.75, 3.05) is 0 Å². The number of amides is 2. The Morgan fingerprint density at radius 2 is 1.79 bits per heavy atom. The highest BCUT2D eigenvalue weighted by Crippen LogP contribution is 2.51. The topological polar surface area (TPSA) is 41.1 Å². The van der Waals surface area contributed by atoms with Crippen LogP contribution in [0.25, 0.3) is 0 Å². The van der Waals surface area contributed by atoms with Gasteiger partial charge in [0.25, 0.3) is 0 Å². The molecule has 1 fully saturated rings. The van der Waals surface area contributed by atoms with Crippen molar-refractivity contribution in [3.63, 3.8) is 0 Å². The smallest absolute Gasteiger partial charge is 0.315 e. The third-order valence-corrected chi connectivity index (χ3v) is 5.28. The summed E-state index contributed by atoms with van der Waals surface area (Å²) in [7, 11) is 0. The predicted molar refractivity (Wildman–Crippen MR) is 96.3 cm³/mol. The Morgan fingerprint density at radius 1 is 1.17 bits per heavy atom. The first-order valence-corrected chi connectivity index (χ1v) is 8.84. The van der Waals surface area contributed by atoms with Crippen molar-refractivity contribution < 1.29 is 9.18 Å². The molecule has 0 bridgehead atoms. The lowest BCUT2D eigenvalue weighted by atomic mass is 9.89. The zero-order valence-electron chi connectivity index (χ0n) is 13.5. The minimum atomic E-state index is -0.276. The van der Waals surface area contributed by atoms with E-state index in [1.807, 2.05) is 19.1 Å². The second kappa shape index (κ2) is 6.93. The molecule has 1 unspecified atom stereocenters. The Bertz CT molecular complexity index is 711. The maximum Gasteiger partial charge on any atom is 0.315 e. The maximum absolute atomic E-state index is 12.9. The van der Waals surface area contributed by atoms with Crippen molar-refractivity contribution >= 4 is 22.0 Å². The molecule has 0 aliphatic heterocycles. The minimum Gasteiger partial charge on any atom is -0.335 e. The fourth-order valence-electron chi connectivity index (χ4n) is 3.06. The zero-order chi connectivity index (χ0) is 17.2. The van der Waals surface area contributed by atoms with Crippen molar-refractivity contribution in [2.24, 2.45) is 0 Å². The zero-order valence-corrected chi connectivity index (χ0v) is 15.1. The highest BCUT2D eigenvalue weighted by molar-refractivity contribution is 9.10. The summed E-state index contributed by atoms with van der Waals surface area (Å²) in [5.41, 5.74) is 2.17. The molecule has 0 spiro atoms. The van der Waals surface area contributed by atoms with Gasteiger partial charge in [0.15, 0.2) is 0 Å². The van der Waals surface area contributed by atoms with Crippen molar-refractivity contribution in [1.29, 1.82) is 0 Å². The number of halogens is 2. The number of urea groups is 1. The molecule has 2 N–H and O–H groups in total. The molecule has 1 aliphatic rings. The largest absolute Gasteiger partial charge is 0.335 e. The lowest BCUT2D eigenvalue weighted by Gasteiger charge is -2.25. The lowest BCUT2D eigenvalue weighted by molar-refractivity contribution is 0.234. The lowest BCUT2D eigenvalue weighted by Crippen LogP contribution is -2.46. The van der Waals surface area contributed by atoms with E-state index in [4.69, 9.17) is 0 Å². The molecule has 2 aromatic carbocycles. The molecule has 0 heterocycles. The highest BCUT2D eigenvalue weighted by Gasteiger charge is 2.49. The molecule has 2 aromatic rings. The molecular weight excluding hydrogens is 371 g/mol. The molecule has 0 radical (unpaired) electrons. The molecule has 126 valence electrons. The molecule has 2 amide bonds. The molecule has 24 heavy (non-hydrogen) atoms. The summed E-state index contributed by atoms with van der Waals surface area (Å²) in [6.07, 6.45) is 2.15. The average Bonchev–Trinajstić information content (AvgIpc) is 3.37. The summed E-state index contributed by atoms with van der Waals surface area (Å²) in [5.74, 6) is -0.276. The van der Waals surface area contributed by atoms with Crippen LogP contribution in [-0.4, -0.2) is 12.1 Å². The Balaban J connectivity index is 1.56. The number of rotatable bonds is 5. The molecule has 3 rings (SSSR count). The fraction of sp³-hybridized carbons (Fsp3) is 0.316. The first kappa shape index (κ1) is 17.0. The minimum absolute atomic E-state index is 0.0356. The van der Waals surface area contributed by atoms with Gasteiger partial charge in [-0.15, -0.1) is 0 Å². The van der Waals surface area contributed by atoms with Crippen LogP contribution in [0.15, 0.2) is 53.0 Å². The van der Waals surface area contributed by atoms with E-state index >= 15 is 0 Å². The van der Waals surface area contributed by atoms with Gasteiger partial charge in [0.2, 0.25) is 0 Å². The molecule has 0 saturated heterocycles. The number of carbonyl (C=O) groups is 1. The molecular formula is C19H20BrFN2O. The van der Waals surface area contributed by atoms with Gasteiger partial charge in [-0.1, -0.05) is 40.2 Å². The van der Waals surface area contributed by atoms with Crippen molar-refractivity contribution in [3.8, 4) is 0 Å². The van der Waals surface area contributed by atoms with E-state index in [9.17, 15) is 9.18 Å². The van der Waals surface area contributed by atoms with E-state index < -0.39 is 0 Å². The molecule has 3 nitrogen and oxygen atoms in total. The van der Waals surface area contributed by atoms with Gasteiger partial charge in [0.1, 0.15) is 5.82 Å². The quantitative estimate of drug-likeness (QED) is 0.774. The third kappa shape index (κ3) is 3.78. The van der Waals surface area contributed by atoms with Crippen LogP contribution in [0.5, 0.6) is 0 Å². The van der Waals surface area contributed by atoms with Crippen LogP contribution >= 0.6 is 15.9 Å². The number of hydrogen-bond donors (Lipinski definition) is 2. The van der Waals surface area contributed by atoms with Crippen LogP contribution in [0.4, 0.5) is 9.18 Å². The summed E-state index contributed by atoms with van der Waals surface area (Å²) >= 11 is 3.45. The first-order valence-electron chi connectivity index (χ1n) is 8.04. The van der Waals surface area contributed by atoms with Crippen molar-refractivity contribution in [1.82, 2.24) is 10.6 Å². The molecule has 1 aliphatic carbocycles. The Morgan fingerprint density at radius 3 is 2.38 bits per heavy atom. The highest BCUT2D eigenvalue weighted by atomic mass is 79.9. The van der Waals surface area contributed by atoms with Gasteiger partial charge in [-0.3, -0.25) is 0 Å². The molecule has 0 aromatic heterocycles. The fourth-order valence-corrected chi connectivity index (χ4v) is 3.32. The van der Waals surface area contributed by atoms with Crippen LogP contribution < -0.4 is 10.6 Å². The van der Waals surface area contributed by atoms with E-state index in [0.717, 1.165) is 22.9 Å². The van der Waals surface area contributed by atoms with Gasteiger partial charge in [-0.25, -0.2) is 9.18 Å². The van der Waals surface area contributed by atoms with Gasteiger partial charge in [0, 0.05) is 22.5 Å². The second-order valence-electron chi connectivity index (χ2n) is 6.34. The van der Waals surface area contributed by atoms with E-state index in [1.165, 1.54) is 17.7 Å². The van der Waals surface area contributed by atoms with Gasteiger partial charge < -0.3 is 10.6 Å². The van der Waals surface area contributed by atoms with Crippen LogP contribution in [0, 0.1) is 5.82 Å². The van der Waals surface area contributed by atoms with Gasteiger partial charge in [-0.2, -0.15) is 0 Å². The van der Waals surface area contributed by atoms with E-state index in [2.05, 4.69) is 38.7 Å². The summed E-state index contributed by atoms with van der Waals surface area (Å²) < 4.78 is 13.9. The Hall–Kier alpha value is -1.88. The number of benzene rings is 2. The van der Waals surface area contributed by atoms with Crippen LogP contribution in [-0.2, 0) is 12.0 Å². The Kier molecular flexibility index (Phi) is 4.90. The molecule has 1 atom stereocenters. The number of nitrogens with one attached hydrogen (secondary N) is 2. The normalized spacial score (nSPS) is 16.3. The second-order valence-corrected chi connectivity index (χ2v) is 7.25. The average molecular weight is 391 g/mol. The van der Waals surface area contributed by atoms with Gasteiger partial charge >= 0.3 is 6.03 Å². The van der Waals surface area contributed by atoms with Gasteiger partial charge in [0.05, 0.1) is 0 Å².